The van der Waals surface area contributed by atoms with Crippen LogP contribution in [0.3, 0.4) is 0 Å². The van der Waals surface area contributed by atoms with Gasteiger partial charge in [0.2, 0.25) is 10.0 Å². The average Bonchev–Trinajstić information content (AvgIpc) is 2.28. The van der Waals surface area contributed by atoms with Crippen LogP contribution in [0.25, 0.3) is 0 Å². The van der Waals surface area contributed by atoms with E-state index < -0.39 is 21.9 Å². The molecule has 1 aromatic carbocycles. The second-order valence-corrected chi connectivity index (χ2v) is 6.54. The molecule has 1 fully saturated rings. The lowest BCUT2D eigenvalue weighted by Crippen LogP contribution is -2.40. The minimum Gasteiger partial charge on any atom is -0.393 e. The molecule has 6 heteroatoms. The molecule has 0 aromatic heterocycles. The van der Waals surface area contributed by atoms with E-state index in [1.807, 2.05) is 0 Å². The maximum absolute atomic E-state index is 13.3. The zero-order chi connectivity index (χ0) is 13.3. The summed E-state index contributed by atoms with van der Waals surface area (Å²) in [5.74, 6) is -0.550. The summed E-state index contributed by atoms with van der Waals surface area (Å²) in [4.78, 5) is -0.0172. The number of aliphatic hydroxyl groups excluding tert-OH is 1. The highest BCUT2D eigenvalue weighted by Crippen LogP contribution is 2.22. The molecule has 1 aliphatic rings. The van der Waals surface area contributed by atoms with Gasteiger partial charge in [-0.1, -0.05) is 0 Å². The first-order chi connectivity index (χ1) is 8.39. The van der Waals surface area contributed by atoms with E-state index in [1.54, 1.807) is 6.92 Å². The van der Waals surface area contributed by atoms with E-state index in [0.29, 0.717) is 18.4 Å². The number of benzene rings is 1. The molecule has 2 rings (SSSR count). The van der Waals surface area contributed by atoms with E-state index in [1.165, 1.54) is 16.4 Å². The summed E-state index contributed by atoms with van der Waals surface area (Å²) in [6.45, 7) is 2.21. The summed E-state index contributed by atoms with van der Waals surface area (Å²) in [5.41, 5.74) is 0.575. The van der Waals surface area contributed by atoms with Crippen molar-refractivity contribution in [3.63, 3.8) is 0 Å². The Morgan fingerprint density at radius 2 is 1.89 bits per heavy atom. The van der Waals surface area contributed by atoms with Crippen molar-refractivity contribution in [1.29, 1.82) is 0 Å². The van der Waals surface area contributed by atoms with Gasteiger partial charge in [-0.05, 0) is 43.5 Å². The van der Waals surface area contributed by atoms with Crippen LogP contribution in [0.4, 0.5) is 4.39 Å². The van der Waals surface area contributed by atoms with Crippen molar-refractivity contribution in [3.8, 4) is 0 Å². The molecule has 0 aliphatic carbocycles. The summed E-state index contributed by atoms with van der Waals surface area (Å²) in [5, 5.41) is 9.37. The van der Waals surface area contributed by atoms with Crippen LogP contribution in [-0.4, -0.2) is 37.0 Å². The Balaban J connectivity index is 2.30. The molecule has 0 atom stereocenters. The number of hydrogen-bond acceptors (Lipinski definition) is 3. The van der Waals surface area contributed by atoms with Gasteiger partial charge >= 0.3 is 0 Å². The molecule has 0 saturated carbocycles. The third kappa shape index (κ3) is 2.71. The first-order valence-electron chi connectivity index (χ1n) is 5.85. The molecule has 4 nitrogen and oxygen atoms in total. The van der Waals surface area contributed by atoms with Gasteiger partial charge in [-0.2, -0.15) is 4.31 Å². The second kappa shape index (κ2) is 4.95. The van der Waals surface area contributed by atoms with Crippen LogP contribution < -0.4 is 0 Å². The molecular weight excluding hydrogens is 257 g/mol. The fraction of sp³-hybridized carbons (Fsp3) is 0.500. The molecule has 100 valence electrons. The predicted molar refractivity (Wildman–Crippen MR) is 65.1 cm³/mol. The summed E-state index contributed by atoms with van der Waals surface area (Å²) in [6.07, 6.45) is 0.409. The number of nitrogens with zero attached hydrogens (tertiary/aromatic N) is 1. The maximum Gasteiger partial charge on any atom is 0.243 e. The van der Waals surface area contributed by atoms with Gasteiger partial charge in [0.15, 0.2) is 0 Å². The van der Waals surface area contributed by atoms with Crippen LogP contribution in [0.5, 0.6) is 0 Å². The Hall–Kier alpha value is -0.980. The molecule has 18 heavy (non-hydrogen) atoms. The van der Waals surface area contributed by atoms with E-state index >= 15 is 0 Å². The van der Waals surface area contributed by atoms with Gasteiger partial charge in [-0.25, -0.2) is 12.8 Å². The number of aryl methyl sites for hydroxylation is 1. The smallest absolute Gasteiger partial charge is 0.243 e. The van der Waals surface area contributed by atoms with E-state index in [9.17, 15) is 17.9 Å². The zero-order valence-corrected chi connectivity index (χ0v) is 11.0. The molecule has 1 aromatic rings. The molecule has 1 heterocycles. The van der Waals surface area contributed by atoms with Gasteiger partial charge in [0.05, 0.1) is 11.0 Å². The molecule has 1 aliphatic heterocycles. The number of rotatable bonds is 2. The fourth-order valence-corrected chi connectivity index (χ4v) is 3.67. The van der Waals surface area contributed by atoms with Crippen LogP contribution >= 0.6 is 0 Å². The monoisotopic (exact) mass is 273 g/mol. The lowest BCUT2D eigenvalue weighted by atomic mass is 10.1. The average molecular weight is 273 g/mol. The van der Waals surface area contributed by atoms with Gasteiger partial charge in [0, 0.05) is 13.1 Å². The molecule has 0 spiro atoms. The van der Waals surface area contributed by atoms with Crippen molar-refractivity contribution in [2.75, 3.05) is 13.1 Å². The molecule has 0 bridgehead atoms. The van der Waals surface area contributed by atoms with Gasteiger partial charge in [0.25, 0.3) is 0 Å². The third-order valence-corrected chi connectivity index (χ3v) is 4.95. The first kappa shape index (κ1) is 13.5. The number of sulfonamides is 1. The summed E-state index contributed by atoms with van der Waals surface area (Å²) < 4.78 is 39.1. The highest BCUT2D eigenvalue weighted by atomic mass is 32.2. The highest BCUT2D eigenvalue weighted by molar-refractivity contribution is 7.89. The van der Waals surface area contributed by atoms with Crippen LogP contribution in [0.15, 0.2) is 23.1 Å². The topological polar surface area (TPSA) is 57.6 Å². The number of hydrogen-bond donors (Lipinski definition) is 1. The summed E-state index contributed by atoms with van der Waals surface area (Å²) in [7, 11) is -3.65. The summed E-state index contributed by atoms with van der Waals surface area (Å²) >= 11 is 0. The Labute approximate surface area is 106 Å². The minimum absolute atomic E-state index is 0.0172. The Morgan fingerprint density at radius 1 is 1.28 bits per heavy atom. The van der Waals surface area contributed by atoms with Crippen LogP contribution in [0.2, 0.25) is 0 Å². The van der Waals surface area contributed by atoms with E-state index in [-0.39, 0.29) is 18.0 Å². The van der Waals surface area contributed by atoms with Gasteiger partial charge in [0.1, 0.15) is 5.82 Å². The van der Waals surface area contributed by atoms with E-state index in [2.05, 4.69) is 0 Å². The Morgan fingerprint density at radius 3 is 2.44 bits per heavy atom. The second-order valence-electron chi connectivity index (χ2n) is 4.60. The molecule has 0 unspecified atom stereocenters. The van der Waals surface area contributed by atoms with E-state index in [4.69, 9.17) is 0 Å². The van der Waals surface area contributed by atoms with E-state index in [0.717, 1.165) is 6.07 Å². The van der Waals surface area contributed by atoms with Crippen molar-refractivity contribution >= 4 is 10.0 Å². The first-order valence-corrected chi connectivity index (χ1v) is 7.29. The Kier molecular flexibility index (Phi) is 3.70. The molecule has 0 amide bonds. The van der Waals surface area contributed by atoms with Crippen molar-refractivity contribution in [3.05, 3.63) is 29.6 Å². The fourth-order valence-electron chi connectivity index (χ4n) is 2.08. The highest BCUT2D eigenvalue weighted by Gasteiger charge is 2.29. The van der Waals surface area contributed by atoms with Gasteiger partial charge in [-0.15, -0.1) is 0 Å². The normalized spacial score (nSPS) is 19.1. The zero-order valence-electron chi connectivity index (χ0n) is 10.1. The third-order valence-electron chi connectivity index (χ3n) is 3.08. The standard InChI is InChI=1S/C12H16FNO3S/c1-9-6-10(13)8-12(7-9)18(16,17)14-4-2-11(15)3-5-14/h6-8,11,15H,2-5H2,1H3. The molecule has 1 saturated heterocycles. The number of piperidine rings is 1. The molecular formula is C12H16FNO3S. The van der Waals surface area contributed by atoms with Crippen LogP contribution in [-0.2, 0) is 10.0 Å². The Bertz CT molecular complexity index is 516. The van der Waals surface area contributed by atoms with Gasteiger partial charge in [-0.3, -0.25) is 0 Å². The number of aliphatic hydroxyl groups is 1. The molecule has 1 N–H and O–H groups in total. The van der Waals surface area contributed by atoms with Crippen molar-refractivity contribution < 1.29 is 17.9 Å². The lowest BCUT2D eigenvalue weighted by Gasteiger charge is -2.28. The van der Waals surface area contributed by atoms with Crippen molar-refractivity contribution in [1.82, 2.24) is 4.31 Å². The minimum atomic E-state index is -3.65. The quantitative estimate of drug-likeness (QED) is 0.883. The maximum atomic E-state index is 13.3. The predicted octanol–water partition coefficient (Wildman–Crippen LogP) is 1.28. The van der Waals surface area contributed by atoms with Crippen LogP contribution in [0, 0.1) is 12.7 Å². The molecule has 0 radical (unpaired) electrons. The largest absolute Gasteiger partial charge is 0.393 e. The van der Waals surface area contributed by atoms with Gasteiger partial charge < -0.3 is 5.11 Å². The summed E-state index contributed by atoms with van der Waals surface area (Å²) in [6, 6.07) is 3.79. The SMILES string of the molecule is Cc1cc(F)cc(S(=O)(=O)N2CCC(O)CC2)c1. The van der Waals surface area contributed by atoms with Crippen molar-refractivity contribution in [2.24, 2.45) is 0 Å². The number of halogens is 1. The van der Waals surface area contributed by atoms with Crippen molar-refractivity contribution in [2.45, 2.75) is 30.8 Å². The lowest BCUT2D eigenvalue weighted by molar-refractivity contribution is 0.113. The van der Waals surface area contributed by atoms with Crippen LogP contribution in [0.1, 0.15) is 18.4 Å².